The number of benzene rings is 1. The number of unbranched alkanes of at least 4 members (excludes halogenated alkanes) is 1. The van der Waals surface area contributed by atoms with Crippen LogP contribution in [0.3, 0.4) is 0 Å². The molecule has 198 valence electrons. The Morgan fingerprint density at radius 2 is 1.53 bits per heavy atom. The molecule has 0 aliphatic carbocycles. The molecule has 14 heteroatoms. The normalized spacial score (nSPS) is 12.0. The van der Waals surface area contributed by atoms with E-state index in [9.17, 15) is 39.0 Å². The van der Waals surface area contributed by atoms with Crippen molar-refractivity contribution in [2.24, 2.45) is 0 Å². The highest BCUT2D eigenvalue weighted by Gasteiger charge is 2.33. The van der Waals surface area contributed by atoms with E-state index in [0.717, 1.165) is 5.56 Å². The predicted octanol–water partition coefficient (Wildman–Crippen LogP) is 0.951. The largest absolute Gasteiger partial charge is 0.481 e. The lowest BCUT2D eigenvalue weighted by molar-refractivity contribution is -0.145. The molecule has 0 unspecified atom stereocenters. The zero-order valence-electron chi connectivity index (χ0n) is 19.3. The minimum atomic E-state index is -1.66. The Balaban J connectivity index is 2.63. The molecule has 0 aliphatic rings. The number of carbonyl (C=O) groups is 6. The maximum absolute atomic E-state index is 12.6. The quantitative estimate of drug-likeness (QED) is 0.171. The van der Waals surface area contributed by atoms with Crippen LogP contribution < -0.4 is 10.6 Å². The second-order valence-electron chi connectivity index (χ2n) is 7.63. The Bertz CT molecular complexity index is 923. The summed E-state index contributed by atoms with van der Waals surface area (Å²) < 4.78 is 5.04. The number of nitrogens with zero attached hydrogens (tertiary/aromatic N) is 1. The van der Waals surface area contributed by atoms with E-state index in [1.165, 1.54) is 0 Å². The van der Waals surface area contributed by atoms with Gasteiger partial charge in [0.2, 0.25) is 0 Å². The Hall–Kier alpha value is -4.36. The Morgan fingerprint density at radius 3 is 2.08 bits per heavy atom. The number of carboxylic acid groups (broad SMARTS) is 4. The molecule has 0 saturated carbocycles. The van der Waals surface area contributed by atoms with E-state index in [2.05, 4.69) is 5.32 Å². The number of aliphatic carboxylic acids is 4. The topological polar surface area (TPSA) is 220 Å². The van der Waals surface area contributed by atoms with E-state index >= 15 is 0 Å². The molecule has 14 nitrogen and oxygen atoms in total. The van der Waals surface area contributed by atoms with Crippen LogP contribution in [0, 0.1) is 0 Å². The summed E-state index contributed by atoms with van der Waals surface area (Å²) in [5.41, 5.74) is 0.793. The number of rotatable bonds is 16. The predicted molar refractivity (Wildman–Crippen MR) is 121 cm³/mol. The summed E-state index contributed by atoms with van der Waals surface area (Å²) >= 11 is 0. The summed E-state index contributed by atoms with van der Waals surface area (Å²) in [6.07, 6.45) is -1.49. The van der Waals surface area contributed by atoms with Crippen LogP contribution >= 0.6 is 0 Å². The summed E-state index contributed by atoms with van der Waals surface area (Å²) in [6.45, 7) is -0.837. The molecule has 1 aromatic rings. The molecule has 1 rings (SSSR count). The van der Waals surface area contributed by atoms with Crippen molar-refractivity contribution in [2.75, 3.05) is 13.1 Å². The minimum absolute atomic E-state index is 0.0663. The van der Waals surface area contributed by atoms with Gasteiger partial charge in [0.1, 0.15) is 25.2 Å². The summed E-state index contributed by atoms with van der Waals surface area (Å²) in [6, 6.07) is 4.42. The van der Waals surface area contributed by atoms with Crippen molar-refractivity contribution in [3.05, 3.63) is 35.9 Å². The maximum atomic E-state index is 12.6. The van der Waals surface area contributed by atoms with Gasteiger partial charge in [0, 0.05) is 13.0 Å². The van der Waals surface area contributed by atoms with E-state index < -0.39 is 67.5 Å². The molecular weight excluding hydrogens is 482 g/mol. The minimum Gasteiger partial charge on any atom is -0.481 e. The van der Waals surface area contributed by atoms with Gasteiger partial charge >= 0.3 is 36.0 Å². The van der Waals surface area contributed by atoms with Crippen molar-refractivity contribution in [3.63, 3.8) is 0 Å². The third-order valence-electron chi connectivity index (χ3n) is 4.86. The van der Waals surface area contributed by atoms with Crippen molar-refractivity contribution in [2.45, 2.75) is 50.8 Å². The molecule has 0 heterocycles. The molecule has 3 amide bonds. The average molecular weight is 511 g/mol. The lowest BCUT2D eigenvalue weighted by atomic mass is 10.1. The van der Waals surface area contributed by atoms with Gasteiger partial charge < -0.3 is 35.8 Å². The van der Waals surface area contributed by atoms with Crippen LogP contribution in [0.15, 0.2) is 30.3 Å². The van der Waals surface area contributed by atoms with E-state index in [0.29, 0.717) is 4.90 Å². The van der Waals surface area contributed by atoms with Crippen LogP contribution in [0.25, 0.3) is 0 Å². The van der Waals surface area contributed by atoms with Crippen LogP contribution in [-0.4, -0.2) is 86.5 Å². The highest BCUT2D eigenvalue weighted by atomic mass is 16.5. The number of ether oxygens (including phenoxy) is 1. The zero-order valence-corrected chi connectivity index (χ0v) is 19.3. The lowest BCUT2D eigenvalue weighted by Gasteiger charge is -2.29. The molecule has 2 atom stereocenters. The van der Waals surface area contributed by atoms with E-state index in [4.69, 9.17) is 14.9 Å². The molecule has 36 heavy (non-hydrogen) atoms. The molecule has 0 radical (unpaired) electrons. The number of amides is 3. The molecule has 0 spiro atoms. The van der Waals surface area contributed by atoms with Gasteiger partial charge in [-0.3, -0.25) is 14.5 Å². The Kier molecular flexibility index (Phi) is 12.8. The smallest absolute Gasteiger partial charge is 0.407 e. The van der Waals surface area contributed by atoms with Gasteiger partial charge in [-0.15, -0.1) is 0 Å². The first-order chi connectivity index (χ1) is 17.0. The van der Waals surface area contributed by atoms with Crippen molar-refractivity contribution in [3.8, 4) is 0 Å². The first-order valence-corrected chi connectivity index (χ1v) is 10.9. The van der Waals surface area contributed by atoms with Gasteiger partial charge in [-0.2, -0.15) is 0 Å². The van der Waals surface area contributed by atoms with Crippen LogP contribution in [0.1, 0.15) is 37.7 Å². The van der Waals surface area contributed by atoms with Gasteiger partial charge in [-0.1, -0.05) is 30.3 Å². The highest BCUT2D eigenvalue weighted by molar-refractivity contribution is 5.88. The summed E-state index contributed by atoms with van der Waals surface area (Å²) in [5, 5.41) is 41.0. The van der Waals surface area contributed by atoms with E-state index in [1.54, 1.807) is 24.3 Å². The number of hydrogen-bond donors (Lipinski definition) is 6. The molecule has 0 aliphatic heterocycles. The summed E-state index contributed by atoms with van der Waals surface area (Å²) in [5.74, 6) is -5.91. The number of urea groups is 1. The lowest BCUT2D eigenvalue weighted by Crippen LogP contribution is -2.55. The standard InChI is InChI=1S/C22H29N3O11/c26-17(27)10-9-15(19(30)31)24-21(34)25(12-18(28)29)16(20(32)33)8-4-5-11-23-22(35)36-13-14-6-2-1-3-7-14/h1-3,6-7,15-16H,4-5,8-13H2,(H,23,35)(H,24,34)(H,26,27)(H,28,29)(H,30,31)(H,32,33)/t15-,16-/m0/s1. The number of nitrogens with one attached hydrogen (secondary N) is 2. The second-order valence-corrected chi connectivity index (χ2v) is 7.63. The third-order valence-corrected chi connectivity index (χ3v) is 4.86. The summed E-state index contributed by atoms with van der Waals surface area (Å²) in [4.78, 5) is 69.8. The monoisotopic (exact) mass is 511 g/mol. The van der Waals surface area contributed by atoms with Gasteiger partial charge in [0.25, 0.3) is 0 Å². The molecule has 0 aromatic heterocycles. The molecule has 0 bridgehead atoms. The van der Waals surface area contributed by atoms with Crippen LogP contribution in [0.4, 0.5) is 9.59 Å². The van der Waals surface area contributed by atoms with Gasteiger partial charge in [-0.05, 0) is 31.2 Å². The summed E-state index contributed by atoms with van der Waals surface area (Å²) in [7, 11) is 0. The number of carbonyl (C=O) groups excluding carboxylic acids is 2. The zero-order chi connectivity index (χ0) is 27.1. The fourth-order valence-corrected chi connectivity index (χ4v) is 3.07. The first-order valence-electron chi connectivity index (χ1n) is 10.9. The molecule has 1 aromatic carbocycles. The Labute approximate surface area is 205 Å². The number of hydrogen-bond acceptors (Lipinski definition) is 7. The third kappa shape index (κ3) is 11.7. The van der Waals surface area contributed by atoms with Crippen LogP contribution in [-0.2, 0) is 30.5 Å². The molecule has 0 saturated heterocycles. The van der Waals surface area contributed by atoms with Crippen molar-refractivity contribution < 1.29 is 53.9 Å². The number of alkyl carbamates (subject to hydrolysis) is 1. The van der Waals surface area contributed by atoms with E-state index in [-0.39, 0.29) is 32.4 Å². The van der Waals surface area contributed by atoms with Crippen molar-refractivity contribution in [1.29, 1.82) is 0 Å². The molecule has 0 fully saturated rings. The molecule has 6 N–H and O–H groups in total. The van der Waals surface area contributed by atoms with Gasteiger partial charge in [0.15, 0.2) is 0 Å². The van der Waals surface area contributed by atoms with Gasteiger partial charge in [0.05, 0.1) is 0 Å². The van der Waals surface area contributed by atoms with Crippen LogP contribution in [0.5, 0.6) is 0 Å². The first kappa shape index (κ1) is 29.7. The van der Waals surface area contributed by atoms with Gasteiger partial charge in [-0.25, -0.2) is 19.2 Å². The highest BCUT2D eigenvalue weighted by Crippen LogP contribution is 2.12. The SMILES string of the molecule is O=C(O)CC[C@H](NC(=O)N(CC(=O)O)[C@@H](CCCCNC(=O)OCc1ccccc1)C(=O)O)C(=O)O. The Morgan fingerprint density at radius 1 is 0.861 bits per heavy atom. The van der Waals surface area contributed by atoms with Crippen molar-refractivity contribution >= 4 is 36.0 Å². The number of carboxylic acids is 4. The maximum Gasteiger partial charge on any atom is 0.407 e. The molecular formula is C22H29N3O11. The second kappa shape index (κ2) is 15.5. The van der Waals surface area contributed by atoms with Crippen LogP contribution in [0.2, 0.25) is 0 Å². The van der Waals surface area contributed by atoms with E-state index in [1.807, 2.05) is 11.4 Å². The van der Waals surface area contributed by atoms with Crippen molar-refractivity contribution in [1.82, 2.24) is 15.5 Å². The average Bonchev–Trinajstić information content (AvgIpc) is 2.81. The fraction of sp³-hybridized carbons (Fsp3) is 0.455. The fourth-order valence-electron chi connectivity index (χ4n) is 3.07.